The van der Waals surface area contributed by atoms with Gasteiger partial charge in [0.2, 0.25) is 0 Å². The summed E-state index contributed by atoms with van der Waals surface area (Å²) in [6, 6.07) is 9.51. The van der Waals surface area contributed by atoms with E-state index in [1.54, 1.807) is 6.92 Å². The summed E-state index contributed by atoms with van der Waals surface area (Å²) in [6.07, 6.45) is 1.46. The Kier molecular flexibility index (Phi) is 2.86. The molecular weight excluding hydrogens is 204 g/mol. The Morgan fingerprint density at radius 3 is 2.69 bits per heavy atom. The molecule has 0 unspecified atom stereocenters. The highest BCUT2D eigenvalue weighted by molar-refractivity contribution is 5.96. The summed E-state index contributed by atoms with van der Waals surface area (Å²) in [7, 11) is 0. The minimum atomic E-state index is 0.409. The lowest BCUT2D eigenvalue weighted by molar-refractivity contribution is 0.319. The van der Waals surface area contributed by atoms with E-state index in [0.717, 1.165) is 5.56 Å². The number of nitrogens with zero attached hydrogens (tertiary/aromatic N) is 4. The van der Waals surface area contributed by atoms with E-state index in [4.69, 9.17) is 5.21 Å². The van der Waals surface area contributed by atoms with Gasteiger partial charge in [-0.1, -0.05) is 35.5 Å². The van der Waals surface area contributed by atoms with Gasteiger partial charge in [0.25, 0.3) is 0 Å². The number of rotatable bonds is 2. The van der Waals surface area contributed by atoms with E-state index < -0.39 is 0 Å². The van der Waals surface area contributed by atoms with E-state index in [2.05, 4.69) is 20.3 Å². The molecule has 0 aliphatic heterocycles. The molecule has 0 aliphatic rings. The maximum absolute atomic E-state index is 8.65. The van der Waals surface area contributed by atoms with E-state index in [1.165, 1.54) is 6.20 Å². The lowest BCUT2D eigenvalue weighted by Crippen LogP contribution is -2.03. The smallest absolute Gasteiger partial charge is 0.182 e. The van der Waals surface area contributed by atoms with Crippen molar-refractivity contribution in [2.24, 2.45) is 5.16 Å². The van der Waals surface area contributed by atoms with Gasteiger partial charge >= 0.3 is 0 Å². The molecular formula is C11H10N4O. The van der Waals surface area contributed by atoms with Gasteiger partial charge in [0.15, 0.2) is 5.82 Å². The van der Waals surface area contributed by atoms with Gasteiger partial charge in [0.1, 0.15) is 11.4 Å². The van der Waals surface area contributed by atoms with Crippen LogP contribution in [-0.4, -0.2) is 26.1 Å². The van der Waals surface area contributed by atoms with Crippen LogP contribution < -0.4 is 0 Å². The highest BCUT2D eigenvalue weighted by Gasteiger charge is 2.05. The molecule has 1 aromatic carbocycles. The molecule has 0 radical (unpaired) electrons. The summed E-state index contributed by atoms with van der Waals surface area (Å²) in [5.41, 5.74) is 1.80. The Morgan fingerprint density at radius 1 is 1.25 bits per heavy atom. The van der Waals surface area contributed by atoms with Crippen LogP contribution >= 0.6 is 0 Å². The summed E-state index contributed by atoms with van der Waals surface area (Å²) >= 11 is 0. The Balaban J connectivity index is 2.44. The third kappa shape index (κ3) is 2.03. The fraction of sp³-hybridized carbons (Fsp3) is 0.0909. The summed E-state index contributed by atoms with van der Waals surface area (Å²) < 4.78 is 0. The van der Waals surface area contributed by atoms with Crippen molar-refractivity contribution in [1.82, 2.24) is 15.2 Å². The fourth-order valence-corrected chi connectivity index (χ4v) is 1.24. The number of hydrogen-bond donors (Lipinski definition) is 1. The van der Waals surface area contributed by atoms with Crippen molar-refractivity contribution in [1.29, 1.82) is 0 Å². The van der Waals surface area contributed by atoms with Crippen molar-refractivity contribution in [2.45, 2.75) is 6.92 Å². The average molecular weight is 214 g/mol. The Morgan fingerprint density at radius 2 is 2.00 bits per heavy atom. The molecule has 5 heteroatoms. The number of hydrogen-bond acceptors (Lipinski definition) is 5. The molecule has 0 atom stereocenters. The molecule has 0 amide bonds. The highest BCUT2D eigenvalue weighted by atomic mass is 16.4. The van der Waals surface area contributed by atoms with Crippen molar-refractivity contribution in [2.75, 3.05) is 0 Å². The first-order valence-corrected chi connectivity index (χ1v) is 4.75. The average Bonchev–Trinajstić information content (AvgIpc) is 2.39. The molecule has 0 saturated heterocycles. The van der Waals surface area contributed by atoms with E-state index in [1.807, 2.05) is 30.3 Å². The maximum atomic E-state index is 8.65. The topological polar surface area (TPSA) is 71.3 Å². The summed E-state index contributed by atoms with van der Waals surface area (Å²) in [6.45, 7) is 1.65. The largest absolute Gasteiger partial charge is 0.411 e. The van der Waals surface area contributed by atoms with Gasteiger partial charge in [-0.05, 0) is 6.92 Å². The maximum Gasteiger partial charge on any atom is 0.182 e. The second-order valence-corrected chi connectivity index (χ2v) is 3.22. The minimum Gasteiger partial charge on any atom is -0.411 e. The van der Waals surface area contributed by atoms with Gasteiger partial charge in [0.05, 0.1) is 6.20 Å². The van der Waals surface area contributed by atoms with Crippen LogP contribution in [0.2, 0.25) is 0 Å². The SMILES string of the molecule is CC(=NO)c1cnnc(-c2ccccc2)n1. The Hall–Kier alpha value is -2.30. The molecule has 0 fully saturated rings. The molecule has 0 spiro atoms. The van der Waals surface area contributed by atoms with Gasteiger partial charge in [-0.2, -0.15) is 5.10 Å². The van der Waals surface area contributed by atoms with Crippen LogP contribution in [0, 0.1) is 0 Å². The number of oxime groups is 1. The highest BCUT2D eigenvalue weighted by Crippen LogP contribution is 2.12. The monoisotopic (exact) mass is 214 g/mol. The molecule has 1 N–H and O–H groups in total. The first-order valence-electron chi connectivity index (χ1n) is 4.75. The molecule has 0 saturated carbocycles. The zero-order valence-corrected chi connectivity index (χ0v) is 8.70. The van der Waals surface area contributed by atoms with Gasteiger partial charge in [-0.25, -0.2) is 4.98 Å². The van der Waals surface area contributed by atoms with E-state index in [9.17, 15) is 0 Å². The second kappa shape index (κ2) is 4.48. The van der Waals surface area contributed by atoms with Crippen LogP contribution in [0.25, 0.3) is 11.4 Å². The van der Waals surface area contributed by atoms with Crippen molar-refractivity contribution in [3.05, 3.63) is 42.2 Å². The van der Waals surface area contributed by atoms with Crippen molar-refractivity contribution in [3.8, 4) is 11.4 Å². The quantitative estimate of drug-likeness (QED) is 0.469. The molecule has 0 aliphatic carbocycles. The lowest BCUT2D eigenvalue weighted by Gasteiger charge is -2.00. The fourth-order valence-electron chi connectivity index (χ4n) is 1.24. The van der Waals surface area contributed by atoms with Crippen LogP contribution in [0.5, 0.6) is 0 Å². The molecule has 1 heterocycles. The van der Waals surface area contributed by atoms with Gasteiger partial charge in [-0.3, -0.25) is 0 Å². The molecule has 5 nitrogen and oxygen atoms in total. The lowest BCUT2D eigenvalue weighted by atomic mass is 10.2. The predicted molar refractivity (Wildman–Crippen MR) is 59.3 cm³/mol. The summed E-state index contributed by atoms with van der Waals surface area (Å²) in [4.78, 5) is 4.25. The van der Waals surface area contributed by atoms with Crippen molar-refractivity contribution < 1.29 is 5.21 Å². The third-order valence-electron chi connectivity index (χ3n) is 2.11. The van der Waals surface area contributed by atoms with Crippen molar-refractivity contribution in [3.63, 3.8) is 0 Å². The van der Waals surface area contributed by atoms with Gasteiger partial charge in [-0.15, -0.1) is 5.10 Å². The summed E-state index contributed by atoms with van der Waals surface area (Å²) in [5, 5.41) is 19.5. The zero-order chi connectivity index (χ0) is 11.4. The van der Waals surface area contributed by atoms with E-state index >= 15 is 0 Å². The number of aromatic nitrogens is 3. The first-order chi connectivity index (χ1) is 7.81. The Bertz CT molecular complexity index is 510. The first kappa shape index (κ1) is 10.2. The Labute approximate surface area is 92.5 Å². The zero-order valence-electron chi connectivity index (χ0n) is 8.70. The van der Waals surface area contributed by atoms with Crippen molar-refractivity contribution >= 4 is 5.71 Å². The molecule has 16 heavy (non-hydrogen) atoms. The molecule has 2 aromatic rings. The minimum absolute atomic E-state index is 0.409. The van der Waals surface area contributed by atoms with Crippen LogP contribution in [0.15, 0.2) is 41.7 Å². The van der Waals surface area contributed by atoms with E-state index in [-0.39, 0.29) is 0 Å². The number of benzene rings is 1. The van der Waals surface area contributed by atoms with E-state index in [0.29, 0.717) is 17.2 Å². The molecule has 0 bridgehead atoms. The van der Waals surface area contributed by atoms with Crippen LogP contribution in [0.1, 0.15) is 12.6 Å². The van der Waals surface area contributed by atoms with Crippen LogP contribution in [0.3, 0.4) is 0 Å². The van der Waals surface area contributed by atoms with Crippen LogP contribution in [-0.2, 0) is 0 Å². The van der Waals surface area contributed by atoms with Gasteiger partial charge < -0.3 is 5.21 Å². The molecule has 2 rings (SSSR count). The third-order valence-corrected chi connectivity index (χ3v) is 2.11. The molecule has 1 aromatic heterocycles. The normalized spacial score (nSPS) is 11.4. The predicted octanol–water partition coefficient (Wildman–Crippen LogP) is 1.74. The summed E-state index contributed by atoms with van der Waals surface area (Å²) in [5.74, 6) is 0.515. The van der Waals surface area contributed by atoms with Crippen LogP contribution in [0.4, 0.5) is 0 Å². The second-order valence-electron chi connectivity index (χ2n) is 3.22. The molecule has 80 valence electrons. The van der Waals surface area contributed by atoms with Gasteiger partial charge in [0, 0.05) is 5.56 Å². The standard InChI is InChI=1S/C11H10N4O/c1-8(15-16)10-7-12-14-11(13-10)9-5-3-2-4-6-9/h2-7,16H,1H3.